The van der Waals surface area contributed by atoms with E-state index in [0.29, 0.717) is 6.54 Å². The van der Waals surface area contributed by atoms with Crippen molar-refractivity contribution in [3.8, 4) is 0 Å². The summed E-state index contributed by atoms with van der Waals surface area (Å²) in [6, 6.07) is 4.38. The van der Waals surface area contributed by atoms with E-state index in [1.807, 2.05) is 6.92 Å². The molecule has 0 heterocycles. The van der Waals surface area contributed by atoms with Crippen LogP contribution in [-0.2, 0) is 0 Å². The zero-order valence-electron chi connectivity index (χ0n) is 11.8. The van der Waals surface area contributed by atoms with Crippen LogP contribution in [0.5, 0.6) is 0 Å². The third kappa shape index (κ3) is 3.92. The van der Waals surface area contributed by atoms with E-state index >= 15 is 0 Å². The average Bonchev–Trinajstić information content (AvgIpc) is 2.33. The number of hydrogen-bond acceptors (Lipinski definition) is 3. The Hall–Kier alpha value is -1.62. The highest BCUT2D eigenvalue weighted by molar-refractivity contribution is 5.99. The zero-order valence-corrected chi connectivity index (χ0v) is 11.8. The van der Waals surface area contributed by atoms with E-state index < -0.39 is 11.4 Å². The lowest BCUT2D eigenvalue weighted by Gasteiger charge is -2.28. The lowest BCUT2D eigenvalue weighted by molar-refractivity contribution is 0.0315. The number of hydrogen-bond donors (Lipinski definition) is 2. The van der Waals surface area contributed by atoms with Gasteiger partial charge in [-0.05, 0) is 32.9 Å². The second-order valence-electron chi connectivity index (χ2n) is 5.04. The number of carbonyl (C=O) groups is 1. The first kappa shape index (κ1) is 15.4. The molecule has 1 aromatic rings. The van der Waals surface area contributed by atoms with Crippen molar-refractivity contribution in [2.24, 2.45) is 0 Å². The molecule has 106 valence electrons. The highest BCUT2D eigenvalue weighted by Crippen LogP contribution is 2.21. The summed E-state index contributed by atoms with van der Waals surface area (Å²) in [5, 5.41) is 12.5. The van der Waals surface area contributed by atoms with Crippen molar-refractivity contribution >= 4 is 11.6 Å². The second-order valence-corrected chi connectivity index (χ2v) is 5.04. The van der Waals surface area contributed by atoms with Gasteiger partial charge in [-0.15, -0.1) is 0 Å². The normalized spacial score (nSPS) is 11.3. The highest BCUT2D eigenvalue weighted by atomic mass is 19.1. The van der Waals surface area contributed by atoms with Gasteiger partial charge in [-0.1, -0.05) is 6.07 Å². The number of likely N-dealkylation sites (N-methyl/N-ethyl adjacent to an activating group) is 1. The molecule has 0 aliphatic carbocycles. The molecule has 4 nitrogen and oxygen atoms in total. The molecule has 0 aliphatic rings. The molecule has 0 bridgehead atoms. The molecule has 1 aromatic carbocycles. The van der Waals surface area contributed by atoms with Crippen LogP contribution in [0, 0.1) is 5.82 Å². The molecule has 0 saturated heterocycles. The van der Waals surface area contributed by atoms with Crippen LogP contribution in [0.3, 0.4) is 0 Å². The SMILES string of the molecule is CCN(CC(C)(C)O)C(=O)c1cccc(F)c1NC. The van der Waals surface area contributed by atoms with Gasteiger partial charge in [-0.3, -0.25) is 4.79 Å². The average molecular weight is 268 g/mol. The zero-order chi connectivity index (χ0) is 14.6. The summed E-state index contributed by atoms with van der Waals surface area (Å²) in [6.45, 7) is 5.73. The number of aliphatic hydroxyl groups is 1. The number of amides is 1. The van der Waals surface area contributed by atoms with Crippen molar-refractivity contribution in [2.75, 3.05) is 25.5 Å². The van der Waals surface area contributed by atoms with E-state index in [-0.39, 0.29) is 23.7 Å². The molecule has 0 saturated carbocycles. The molecular weight excluding hydrogens is 247 g/mol. The summed E-state index contributed by atoms with van der Waals surface area (Å²) in [4.78, 5) is 13.9. The van der Waals surface area contributed by atoms with Crippen molar-refractivity contribution in [1.29, 1.82) is 0 Å². The number of para-hydroxylation sites is 1. The maximum atomic E-state index is 13.6. The fourth-order valence-corrected chi connectivity index (χ4v) is 1.92. The van der Waals surface area contributed by atoms with Gasteiger partial charge in [-0.25, -0.2) is 4.39 Å². The maximum absolute atomic E-state index is 13.6. The molecular formula is C14H21FN2O2. The van der Waals surface area contributed by atoms with E-state index in [0.717, 1.165) is 0 Å². The number of nitrogens with zero attached hydrogens (tertiary/aromatic N) is 1. The first-order valence-electron chi connectivity index (χ1n) is 6.28. The van der Waals surface area contributed by atoms with Gasteiger partial charge in [-0.2, -0.15) is 0 Å². The van der Waals surface area contributed by atoms with E-state index in [1.165, 1.54) is 17.0 Å². The van der Waals surface area contributed by atoms with Crippen LogP contribution in [0.4, 0.5) is 10.1 Å². The topological polar surface area (TPSA) is 52.6 Å². The Morgan fingerprint density at radius 1 is 1.47 bits per heavy atom. The van der Waals surface area contributed by atoms with Gasteiger partial charge in [0.05, 0.1) is 16.9 Å². The Labute approximate surface area is 113 Å². The second kappa shape index (κ2) is 6.02. The summed E-state index contributed by atoms with van der Waals surface area (Å²) in [5.74, 6) is -0.763. The first-order chi connectivity index (χ1) is 8.80. The smallest absolute Gasteiger partial charge is 0.256 e. The number of halogens is 1. The number of rotatable bonds is 5. The first-order valence-corrected chi connectivity index (χ1v) is 6.28. The minimum absolute atomic E-state index is 0.182. The molecule has 0 spiro atoms. The van der Waals surface area contributed by atoms with Gasteiger partial charge in [0, 0.05) is 20.1 Å². The minimum Gasteiger partial charge on any atom is -0.389 e. The molecule has 0 aliphatic heterocycles. The Bertz CT molecular complexity index is 455. The van der Waals surface area contributed by atoms with E-state index in [4.69, 9.17) is 0 Å². The van der Waals surface area contributed by atoms with Crippen LogP contribution >= 0.6 is 0 Å². The van der Waals surface area contributed by atoms with Gasteiger partial charge in [0.15, 0.2) is 0 Å². The van der Waals surface area contributed by atoms with Crippen LogP contribution < -0.4 is 5.32 Å². The molecule has 0 aromatic heterocycles. The predicted octanol–water partition coefficient (Wildman–Crippen LogP) is 2.10. The molecule has 0 fully saturated rings. The summed E-state index contributed by atoms with van der Waals surface area (Å²) in [5.41, 5.74) is -0.533. The van der Waals surface area contributed by atoms with E-state index in [9.17, 15) is 14.3 Å². The highest BCUT2D eigenvalue weighted by Gasteiger charge is 2.24. The van der Waals surface area contributed by atoms with Crippen LogP contribution in [0.1, 0.15) is 31.1 Å². The van der Waals surface area contributed by atoms with Crippen molar-refractivity contribution in [3.63, 3.8) is 0 Å². The molecule has 0 radical (unpaired) electrons. The minimum atomic E-state index is -0.987. The summed E-state index contributed by atoms with van der Waals surface area (Å²) in [6.07, 6.45) is 0. The lowest BCUT2D eigenvalue weighted by atomic mass is 10.1. The lowest BCUT2D eigenvalue weighted by Crippen LogP contribution is -2.42. The number of nitrogens with one attached hydrogen (secondary N) is 1. The van der Waals surface area contributed by atoms with Crippen LogP contribution in [-0.4, -0.2) is 41.7 Å². The van der Waals surface area contributed by atoms with Crippen LogP contribution in [0.2, 0.25) is 0 Å². The molecule has 1 rings (SSSR count). The van der Waals surface area contributed by atoms with Crippen LogP contribution in [0.15, 0.2) is 18.2 Å². The third-order valence-electron chi connectivity index (χ3n) is 2.74. The number of carbonyl (C=O) groups excluding carboxylic acids is 1. The Kier molecular flexibility index (Phi) is 4.89. The van der Waals surface area contributed by atoms with E-state index in [1.54, 1.807) is 27.0 Å². The monoisotopic (exact) mass is 268 g/mol. The van der Waals surface area contributed by atoms with Crippen LogP contribution in [0.25, 0.3) is 0 Å². The van der Waals surface area contributed by atoms with E-state index in [2.05, 4.69) is 5.32 Å². The predicted molar refractivity (Wildman–Crippen MR) is 73.8 cm³/mol. The molecule has 2 N–H and O–H groups in total. The Morgan fingerprint density at radius 2 is 2.11 bits per heavy atom. The Balaban J connectivity index is 3.08. The summed E-state index contributed by atoms with van der Waals surface area (Å²) >= 11 is 0. The maximum Gasteiger partial charge on any atom is 0.256 e. The van der Waals surface area contributed by atoms with Crippen molar-refractivity contribution in [2.45, 2.75) is 26.4 Å². The molecule has 0 atom stereocenters. The molecule has 19 heavy (non-hydrogen) atoms. The summed E-state index contributed by atoms with van der Waals surface area (Å²) in [7, 11) is 1.57. The van der Waals surface area contributed by atoms with Gasteiger partial charge in [0.2, 0.25) is 0 Å². The fraction of sp³-hybridized carbons (Fsp3) is 0.500. The third-order valence-corrected chi connectivity index (χ3v) is 2.74. The van der Waals surface area contributed by atoms with Gasteiger partial charge < -0.3 is 15.3 Å². The van der Waals surface area contributed by atoms with Crippen molar-refractivity contribution < 1.29 is 14.3 Å². The standard InChI is InChI=1S/C14H21FN2O2/c1-5-17(9-14(2,3)19)13(18)10-7-6-8-11(15)12(10)16-4/h6-8,16,19H,5,9H2,1-4H3. The quantitative estimate of drug-likeness (QED) is 0.860. The van der Waals surface area contributed by atoms with Gasteiger partial charge in [0.25, 0.3) is 5.91 Å². The molecule has 5 heteroatoms. The molecule has 1 amide bonds. The summed E-state index contributed by atoms with van der Waals surface area (Å²) < 4.78 is 13.6. The fourth-order valence-electron chi connectivity index (χ4n) is 1.92. The number of anilines is 1. The number of benzene rings is 1. The Morgan fingerprint density at radius 3 is 2.58 bits per heavy atom. The largest absolute Gasteiger partial charge is 0.389 e. The van der Waals surface area contributed by atoms with Crippen molar-refractivity contribution in [3.05, 3.63) is 29.6 Å². The van der Waals surface area contributed by atoms with Gasteiger partial charge >= 0.3 is 0 Å². The molecule has 0 unspecified atom stereocenters. The van der Waals surface area contributed by atoms with Crippen molar-refractivity contribution in [1.82, 2.24) is 4.90 Å². The van der Waals surface area contributed by atoms with Gasteiger partial charge in [0.1, 0.15) is 5.82 Å².